The van der Waals surface area contributed by atoms with E-state index >= 15 is 0 Å². The second kappa shape index (κ2) is 8.36. The van der Waals surface area contributed by atoms with Gasteiger partial charge in [-0.1, -0.05) is 74.0 Å². The number of sulfonamides is 1. The first-order valence-electron chi connectivity index (χ1n) is 9.33. The van der Waals surface area contributed by atoms with E-state index in [-0.39, 0.29) is 0 Å². The Kier molecular flexibility index (Phi) is 6.64. The van der Waals surface area contributed by atoms with Crippen molar-refractivity contribution in [2.45, 2.75) is 63.7 Å². The van der Waals surface area contributed by atoms with Gasteiger partial charge in [0, 0.05) is 0 Å². The number of hydrogen-bond acceptors (Lipinski definition) is 2. The molecule has 3 nitrogen and oxygen atoms in total. The maximum absolute atomic E-state index is 13.0. The standard InChI is InChI=1S/C22H31NO2S/c1-5-17-22(20-14-10-7-11-15-20,23-26(24,25)21(2,3)4)18-16-19-12-8-6-9-13-19/h6-15,23H,5,16-18H2,1-4H3/t22-/m1/s1. The molecule has 0 spiro atoms. The van der Waals surface area contributed by atoms with Crippen LogP contribution in [0, 0.1) is 0 Å². The number of aryl methyl sites for hydroxylation is 1. The van der Waals surface area contributed by atoms with Gasteiger partial charge in [0.15, 0.2) is 0 Å². The maximum Gasteiger partial charge on any atom is 0.217 e. The summed E-state index contributed by atoms with van der Waals surface area (Å²) in [5.74, 6) is 0. The molecule has 2 rings (SSSR count). The molecule has 4 heteroatoms. The molecule has 0 saturated carbocycles. The molecule has 0 fully saturated rings. The molecule has 26 heavy (non-hydrogen) atoms. The average Bonchev–Trinajstić information content (AvgIpc) is 2.60. The molecule has 0 aliphatic rings. The Morgan fingerprint density at radius 3 is 1.88 bits per heavy atom. The molecule has 1 N–H and O–H groups in total. The van der Waals surface area contributed by atoms with Crippen molar-refractivity contribution in [3.8, 4) is 0 Å². The Morgan fingerprint density at radius 1 is 0.846 bits per heavy atom. The molecule has 1 atom stereocenters. The minimum Gasteiger partial charge on any atom is -0.212 e. The Hall–Kier alpha value is -1.65. The zero-order valence-corrected chi connectivity index (χ0v) is 17.1. The van der Waals surface area contributed by atoms with E-state index in [0.717, 1.165) is 31.2 Å². The fourth-order valence-electron chi connectivity index (χ4n) is 3.17. The first-order valence-corrected chi connectivity index (χ1v) is 10.8. The van der Waals surface area contributed by atoms with Crippen molar-refractivity contribution in [1.29, 1.82) is 0 Å². The van der Waals surface area contributed by atoms with Crippen LogP contribution in [0.25, 0.3) is 0 Å². The van der Waals surface area contributed by atoms with Crippen molar-refractivity contribution >= 4 is 10.0 Å². The first kappa shape index (κ1) is 20.7. The number of benzene rings is 2. The molecule has 0 amide bonds. The molecular formula is C22H31NO2S. The van der Waals surface area contributed by atoms with Crippen molar-refractivity contribution < 1.29 is 8.42 Å². The van der Waals surface area contributed by atoms with E-state index < -0.39 is 20.3 Å². The van der Waals surface area contributed by atoms with Crippen LogP contribution >= 0.6 is 0 Å². The lowest BCUT2D eigenvalue weighted by Gasteiger charge is -2.38. The summed E-state index contributed by atoms with van der Waals surface area (Å²) >= 11 is 0. The van der Waals surface area contributed by atoms with Crippen LogP contribution in [0.2, 0.25) is 0 Å². The van der Waals surface area contributed by atoms with Crippen LogP contribution in [-0.4, -0.2) is 13.2 Å². The molecule has 0 aliphatic heterocycles. The van der Waals surface area contributed by atoms with Gasteiger partial charge in [0.2, 0.25) is 10.0 Å². The molecule has 2 aromatic rings. The molecular weight excluding hydrogens is 342 g/mol. The molecule has 0 aliphatic carbocycles. The summed E-state index contributed by atoms with van der Waals surface area (Å²) in [7, 11) is -3.48. The van der Waals surface area contributed by atoms with Gasteiger partial charge in [0.25, 0.3) is 0 Å². The van der Waals surface area contributed by atoms with Crippen LogP contribution in [-0.2, 0) is 22.0 Å². The fourth-order valence-corrected chi connectivity index (χ4v) is 4.31. The molecule has 0 saturated heterocycles. The summed E-state index contributed by atoms with van der Waals surface area (Å²) in [5, 5.41) is 0. The summed E-state index contributed by atoms with van der Waals surface area (Å²) < 4.78 is 28.3. The van der Waals surface area contributed by atoms with Crippen LogP contribution in [0.1, 0.15) is 58.1 Å². The van der Waals surface area contributed by atoms with Crippen LogP contribution < -0.4 is 4.72 Å². The molecule has 0 radical (unpaired) electrons. The van der Waals surface area contributed by atoms with Gasteiger partial charge in [0.05, 0.1) is 10.3 Å². The highest BCUT2D eigenvalue weighted by molar-refractivity contribution is 7.90. The Balaban J connectivity index is 2.44. The van der Waals surface area contributed by atoms with Gasteiger partial charge in [-0.25, -0.2) is 13.1 Å². The number of hydrogen-bond donors (Lipinski definition) is 1. The van der Waals surface area contributed by atoms with Gasteiger partial charge < -0.3 is 0 Å². The highest BCUT2D eigenvalue weighted by Gasteiger charge is 2.40. The van der Waals surface area contributed by atoms with E-state index in [2.05, 4.69) is 23.8 Å². The van der Waals surface area contributed by atoms with E-state index in [1.54, 1.807) is 20.8 Å². The fraction of sp³-hybridized carbons (Fsp3) is 0.455. The van der Waals surface area contributed by atoms with Crippen molar-refractivity contribution in [1.82, 2.24) is 4.72 Å². The largest absolute Gasteiger partial charge is 0.217 e. The van der Waals surface area contributed by atoms with Crippen molar-refractivity contribution in [2.24, 2.45) is 0 Å². The van der Waals surface area contributed by atoms with E-state index in [9.17, 15) is 8.42 Å². The van der Waals surface area contributed by atoms with E-state index in [0.29, 0.717) is 0 Å². The maximum atomic E-state index is 13.0. The highest BCUT2D eigenvalue weighted by Crippen LogP contribution is 2.34. The second-order valence-corrected chi connectivity index (χ2v) is 10.3. The summed E-state index contributed by atoms with van der Waals surface area (Å²) in [4.78, 5) is 0. The topological polar surface area (TPSA) is 46.2 Å². The quantitative estimate of drug-likeness (QED) is 0.705. The van der Waals surface area contributed by atoms with Crippen molar-refractivity contribution in [3.05, 3.63) is 71.8 Å². The zero-order chi connectivity index (χ0) is 19.3. The van der Waals surface area contributed by atoms with Gasteiger partial charge >= 0.3 is 0 Å². The Morgan fingerprint density at radius 2 is 1.38 bits per heavy atom. The molecule has 0 unspecified atom stereocenters. The normalized spacial score (nSPS) is 14.8. The lowest BCUT2D eigenvalue weighted by molar-refractivity contribution is 0.329. The van der Waals surface area contributed by atoms with Crippen LogP contribution in [0.15, 0.2) is 60.7 Å². The van der Waals surface area contributed by atoms with Gasteiger partial charge in [-0.2, -0.15) is 0 Å². The summed E-state index contributed by atoms with van der Waals surface area (Å²) in [6.07, 6.45) is 3.21. The lowest BCUT2D eigenvalue weighted by Crippen LogP contribution is -2.51. The third-order valence-corrected chi connectivity index (χ3v) is 7.09. The SMILES string of the molecule is CCC[C@](CCc1ccccc1)(NS(=O)(=O)C(C)(C)C)c1ccccc1. The van der Waals surface area contributed by atoms with Crippen molar-refractivity contribution in [3.63, 3.8) is 0 Å². The first-order chi connectivity index (χ1) is 12.2. The molecule has 2 aromatic carbocycles. The zero-order valence-electron chi connectivity index (χ0n) is 16.3. The molecule has 0 bridgehead atoms. The summed E-state index contributed by atoms with van der Waals surface area (Å²) in [5.41, 5.74) is 1.65. The van der Waals surface area contributed by atoms with Crippen LogP contribution in [0.5, 0.6) is 0 Å². The van der Waals surface area contributed by atoms with Crippen molar-refractivity contribution in [2.75, 3.05) is 0 Å². The second-order valence-electron chi connectivity index (χ2n) is 7.90. The minimum atomic E-state index is -3.48. The number of rotatable bonds is 8. The smallest absolute Gasteiger partial charge is 0.212 e. The third-order valence-electron chi connectivity index (χ3n) is 4.82. The molecule has 0 heterocycles. The number of nitrogens with one attached hydrogen (secondary N) is 1. The monoisotopic (exact) mass is 373 g/mol. The van der Waals surface area contributed by atoms with E-state index in [4.69, 9.17) is 0 Å². The van der Waals surface area contributed by atoms with Crippen LogP contribution in [0.3, 0.4) is 0 Å². The summed E-state index contributed by atoms with van der Waals surface area (Å²) in [6, 6.07) is 20.2. The van der Waals surface area contributed by atoms with Crippen LogP contribution in [0.4, 0.5) is 0 Å². The predicted molar refractivity (Wildman–Crippen MR) is 110 cm³/mol. The van der Waals surface area contributed by atoms with Gasteiger partial charge in [-0.05, 0) is 51.2 Å². The van der Waals surface area contributed by atoms with E-state index in [1.807, 2.05) is 48.5 Å². The molecule has 0 aromatic heterocycles. The minimum absolute atomic E-state index is 0.599. The van der Waals surface area contributed by atoms with Gasteiger partial charge in [-0.3, -0.25) is 0 Å². The molecule has 142 valence electrons. The lowest BCUT2D eigenvalue weighted by atomic mass is 9.81. The van der Waals surface area contributed by atoms with Gasteiger partial charge in [-0.15, -0.1) is 0 Å². The Bertz CT molecular complexity index is 780. The summed E-state index contributed by atoms with van der Waals surface area (Å²) in [6.45, 7) is 7.34. The predicted octanol–water partition coefficient (Wildman–Crippen LogP) is 5.03. The average molecular weight is 374 g/mol. The van der Waals surface area contributed by atoms with Gasteiger partial charge in [0.1, 0.15) is 0 Å². The Labute approximate surface area is 158 Å². The highest BCUT2D eigenvalue weighted by atomic mass is 32.2. The van der Waals surface area contributed by atoms with E-state index in [1.165, 1.54) is 5.56 Å². The third kappa shape index (κ3) is 4.95.